The first-order valence-corrected chi connectivity index (χ1v) is 3.55. The van der Waals surface area contributed by atoms with Crippen LogP contribution in [0.2, 0.25) is 5.15 Å². The number of methoxy groups -OCH3 is 1. The number of hydrogen-bond acceptors (Lipinski definition) is 4. The van der Waals surface area contributed by atoms with Crippen molar-refractivity contribution in [2.24, 2.45) is 0 Å². The number of aromatic nitrogens is 2. The van der Waals surface area contributed by atoms with Crippen LogP contribution in [0.25, 0.3) is 0 Å². The normalized spacial score (nSPS) is 9.17. The molecule has 5 heteroatoms. The molecule has 1 aromatic heterocycles. The van der Waals surface area contributed by atoms with E-state index in [9.17, 15) is 0 Å². The van der Waals surface area contributed by atoms with Gasteiger partial charge in [-0.25, -0.2) is 9.97 Å². The minimum absolute atomic E-state index is 0.0540. The molecule has 4 nitrogen and oxygen atoms in total. The van der Waals surface area contributed by atoms with Crippen LogP contribution in [0.3, 0.4) is 0 Å². The van der Waals surface area contributed by atoms with Crippen LogP contribution in [-0.4, -0.2) is 17.1 Å². The van der Waals surface area contributed by atoms with Gasteiger partial charge in [-0.1, -0.05) is 11.6 Å². The average Bonchev–Trinajstić information content (AvgIpc) is 2.03. The van der Waals surface area contributed by atoms with Gasteiger partial charge in [0.05, 0.1) is 12.8 Å². The number of nitriles is 1. The highest BCUT2D eigenvalue weighted by Gasteiger charge is 2.08. The molecule has 1 aromatic rings. The van der Waals surface area contributed by atoms with Crippen LogP contribution in [0.5, 0.6) is 5.75 Å². The first-order chi connectivity index (χ1) is 5.69. The molecule has 0 unspecified atom stereocenters. The zero-order valence-corrected chi connectivity index (χ0v) is 7.38. The Hall–Kier alpha value is -1.34. The first-order valence-electron chi connectivity index (χ1n) is 3.17. The maximum Gasteiger partial charge on any atom is 0.234 e. The largest absolute Gasteiger partial charge is 0.492 e. The molecule has 0 saturated carbocycles. The number of nitrogens with zero attached hydrogens (tertiary/aromatic N) is 3. The van der Waals surface area contributed by atoms with E-state index in [2.05, 4.69) is 9.97 Å². The lowest BCUT2D eigenvalue weighted by molar-refractivity contribution is 0.407. The van der Waals surface area contributed by atoms with Crippen LogP contribution in [0.1, 0.15) is 11.5 Å². The minimum atomic E-state index is 0.0540. The predicted molar refractivity (Wildman–Crippen MR) is 43.0 cm³/mol. The lowest BCUT2D eigenvalue weighted by Crippen LogP contribution is -1.97. The van der Waals surface area contributed by atoms with Gasteiger partial charge in [-0.2, -0.15) is 5.26 Å². The highest BCUT2D eigenvalue weighted by atomic mass is 35.5. The van der Waals surface area contributed by atoms with Gasteiger partial charge in [0.25, 0.3) is 0 Å². The summed E-state index contributed by atoms with van der Waals surface area (Å²) in [6.45, 7) is 1.70. The third kappa shape index (κ3) is 1.46. The highest BCUT2D eigenvalue weighted by Crippen LogP contribution is 2.23. The van der Waals surface area contributed by atoms with Gasteiger partial charge in [0.1, 0.15) is 6.07 Å². The number of hydrogen-bond donors (Lipinski definition) is 0. The molecule has 0 N–H and O–H groups in total. The maximum absolute atomic E-state index is 8.48. The molecule has 0 aromatic carbocycles. The summed E-state index contributed by atoms with van der Waals surface area (Å²) in [7, 11) is 1.48. The van der Waals surface area contributed by atoms with Crippen molar-refractivity contribution in [1.29, 1.82) is 5.26 Å². The predicted octanol–water partition coefficient (Wildman–Crippen LogP) is 1.32. The van der Waals surface area contributed by atoms with Crippen molar-refractivity contribution in [2.75, 3.05) is 7.11 Å². The quantitative estimate of drug-likeness (QED) is 0.616. The van der Waals surface area contributed by atoms with Gasteiger partial charge >= 0.3 is 0 Å². The van der Waals surface area contributed by atoms with E-state index in [0.29, 0.717) is 11.4 Å². The molecule has 0 spiro atoms. The monoisotopic (exact) mass is 183 g/mol. The molecule has 0 aliphatic rings. The molecular weight excluding hydrogens is 178 g/mol. The summed E-state index contributed by atoms with van der Waals surface area (Å²) >= 11 is 5.69. The van der Waals surface area contributed by atoms with E-state index < -0.39 is 0 Å². The molecule has 0 fully saturated rings. The van der Waals surface area contributed by atoms with Crippen molar-refractivity contribution in [3.8, 4) is 11.8 Å². The maximum atomic E-state index is 8.48. The second-order valence-electron chi connectivity index (χ2n) is 2.07. The van der Waals surface area contributed by atoms with E-state index in [4.69, 9.17) is 21.6 Å². The third-order valence-corrected chi connectivity index (χ3v) is 1.55. The lowest BCUT2D eigenvalue weighted by Gasteiger charge is -2.03. The van der Waals surface area contributed by atoms with Crippen LogP contribution in [0.4, 0.5) is 0 Å². The second-order valence-corrected chi connectivity index (χ2v) is 2.43. The van der Waals surface area contributed by atoms with E-state index in [0.717, 1.165) is 0 Å². The molecule has 0 aliphatic heterocycles. The third-order valence-electron chi connectivity index (χ3n) is 1.30. The van der Waals surface area contributed by atoms with Crippen molar-refractivity contribution in [1.82, 2.24) is 9.97 Å². The van der Waals surface area contributed by atoms with Crippen LogP contribution < -0.4 is 4.74 Å². The number of ether oxygens (including phenoxy) is 1. The summed E-state index contributed by atoms with van der Waals surface area (Å²) in [5.41, 5.74) is 0.564. The SMILES string of the molecule is COc1c(C)nc(C#N)nc1Cl. The summed E-state index contributed by atoms with van der Waals surface area (Å²) in [5.74, 6) is 0.467. The first kappa shape index (κ1) is 8.75. The molecule has 1 heterocycles. The number of aryl methyl sites for hydroxylation is 1. The zero-order chi connectivity index (χ0) is 9.14. The topological polar surface area (TPSA) is 58.8 Å². The van der Waals surface area contributed by atoms with Crippen LogP contribution in [0.15, 0.2) is 0 Å². The van der Waals surface area contributed by atoms with Crippen molar-refractivity contribution < 1.29 is 4.74 Å². The van der Waals surface area contributed by atoms with E-state index in [1.165, 1.54) is 7.11 Å². The molecule has 12 heavy (non-hydrogen) atoms. The lowest BCUT2D eigenvalue weighted by atomic mass is 10.4. The van der Waals surface area contributed by atoms with Crippen LogP contribution in [0, 0.1) is 18.3 Å². The molecule has 0 saturated heterocycles. The Morgan fingerprint density at radius 3 is 2.58 bits per heavy atom. The molecule has 0 atom stereocenters. The smallest absolute Gasteiger partial charge is 0.234 e. The Balaban J connectivity index is 3.30. The molecule has 62 valence electrons. The molecule has 0 radical (unpaired) electrons. The molecular formula is C7H6ClN3O. The van der Waals surface area contributed by atoms with Gasteiger partial charge in [-0.3, -0.25) is 0 Å². The Bertz CT molecular complexity index is 322. The van der Waals surface area contributed by atoms with Crippen molar-refractivity contribution in [2.45, 2.75) is 6.92 Å². The Labute approximate surface area is 74.8 Å². The summed E-state index contributed by atoms with van der Waals surface area (Å²) in [6.07, 6.45) is 0. The van der Waals surface area contributed by atoms with E-state index in [-0.39, 0.29) is 11.0 Å². The molecule has 0 amide bonds. The van der Waals surface area contributed by atoms with E-state index in [1.807, 2.05) is 0 Å². The van der Waals surface area contributed by atoms with Crippen LogP contribution in [-0.2, 0) is 0 Å². The van der Waals surface area contributed by atoms with Crippen molar-refractivity contribution >= 4 is 11.6 Å². The summed E-state index contributed by atoms with van der Waals surface area (Å²) in [4.78, 5) is 7.53. The fraction of sp³-hybridized carbons (Fsp3) is 0.286. The Morgan fingerprint density at radius 2 is 2.17 bits per heavy atom. The second kappa shape index (κ2) is 3.37. The van der Waals surface area contributed by atoms with Gasteiger partial charge in [0, 0.05) is 0 Å². The fourth-order valence-corrected chi connectivity index (χ4v) is 1.10. The number of rotatable bonds is 1. The van der Waals surface area contributed by atoms with E-state index in [1.54, 1.807) is 13.0 Å². The van der Waals surface area contributed by atoms with Crippen molar-refractivity contribution in [3.63, 3.8) is 0 Å². The van der Waals surface area contributed by atoms with Gasteiger partial charge < -0.3 is 4.74 Å². The van der Waals surface area contributed by atoms with Crippen molar-refractivity contribution in [3.05, 3.63) is 16.7 Å². The fourth-order valence-electron chi connectivity index (χ4n) is 0.810. The van der Waals surface area contributed by atoms with Gasteiger partial charge in [-0.05, 0) is 6.92 Å². The average molecular weight is 184 g/mol. The van der Waals surface area contributed by atoms with Gasteiger partial charge in [0.2, 0.25) is 5.82 Å². The molecule has 1 rings (SSSR count). The standard InChI is InChI=1S/C7H6ClN3O/c1-4-6(12-2)7(8)11-5(3-9)10-4/h1-2H3. The summed E-state index contributed by atoms with van der Waals surface area (Å²) in [5, 5.41) is 8.64. The Morgan fingerprint density at radius 1 is 1.50 bits per heavy atom. The highest BCUT2D eigenvalue weighted by molar-refractivity contribution is 6.30. The number of halogens is 1. The zero-order valence-electron chi connectivity index (χ0n) is 6.63. The Kier molecular flexibility index (Phi) is 2.46. The summed E-state index contributed by atoms with van der Waals surface area (Å²) in [6, 6.07) is 1.80. The van der Waals surface area contributed by atoms with Crippen LogP contribution >= 0.6 is 11.6 Å². The van der Waals surface area contributed by atoms with Gasteiger partial charge in [0.15, 0.2) is 10.9 Å². The summed E-state index contributed by atoms with van der Waals surface area (Å²) < 4.78 is 4.91. The minimum Gasteiger partial charge on any atom is -0.492 e. The van der Waals surface area contributed by atoms with Gasteiger partial charge in [-0.15, -0.1) is 0 Å². The van der Waals surface area contributed by atoms with E-state index >= 15 is 0 Å². The molecule has 0 aliphatic carbocycles. The molecule has 0 bridgehead atoms.